The molecule has 0 aliphatic heterocycles. The molecule has 0 aliphatic carbocycles. The molecule has 0 saturated heterocycles. The van der Waals surface area contributed by atoms with Crippen LogP contribution in [0.5, 0.6) is 5.75 Å². The third kappa shape index (κ3) is 2.58. The first kappa shape index (κ1) is 11.5. The van der Waals surface area contributed by atoms with Gasteiger partial charge in [-0.1, -0.05) is 0 Å². The van der Waals surface area contributed by atoms with Crippen molar-refractivity contribution in [2.24, 2.45) is 7.05 Å². The number of aromatic hydroxyl groups is 1. The molecule has 1 aromatic heterocycles. The lowest BCUT2D eigenvalue weighted by molar-refractivity contribution is 0.471. The largest absolute Gasteiger partial charge is 0.508 e. The molecule has 1 atom stereocenters. The average molecular weight is 231 g/mol. The molecule has 2 N–H and O–H groups in total. The smallest absolute Gasteiger partial charge is 0.118 e. The summed E-state index contributed by atoms with van der Waals surface area (Å²) in [6.07, 6.45) is 3.84. The summed E-state index contributed by atoms with van der Waals surface area (Å²) in [4.78, 5) is 0. The molecule has 2 rings (SSSR count). The Bertz CT molecular complexity index is 519. The van der Waals surface area contributed by atoms with Crippen LogP contribution in [-0.4, -0.2) is 14.9 Å². The quantitative estimate of drug-likeness (QED) is 0.798. The molecule has 17 heavy (non-hydrogen) atoms. The second-order valence-corrected chi connectivity index (χ2v) is 4.31. The Balaban J connectivity index is 2.12. The fourth-order valence-corrected chi connectivity index (χ4v) is 1.74. The van der Waals surface area contributed by atoms with Crippen LogP contribution >= 0.6 is 0 Å². The first-order valence-corrected chi connectivity index (χ1v) is 5.61. The maximum absolute atomic E-state index is 9.46. The molecule has 4 nitrogen and oxygen atoms in total. The standard InChI is InChI=1S/C13H17N3O/c1-9-6-12(4-5-13(9)17)15-10(2)11-7-14-16(3)8-11/h4-8,10,15,17H,1-3H3. The molecular weight excluding hydrogens is 214 g/mol. The molecule has 0 amide bonds. The SMILES string of the molecule is Cc1cc(NC(C)c2cnn(C)c2)ccc1O. The van der Waals surface area contributed by atoms with Gasteiger partial charge in [0, 0.05) is 24.5 Å². The topological polar surface area (TPSA) is 50.1 Å². The predicted octanol–water partition coefficient (Wildman–Crippen LogP) is 2.61. The summed E-state index contributed by atoms with van der Waals surface area (Å²) < 4.78 is 1.79. The Morgan fingerprint density at radius 2 is 2.18 bits per heavy atom. The second-order valence-electron chi connectivity index (χ2n) is 4.31. The Morgan fingerprint density at radius 1 is 1.41 bits per heavy atom. The summed E-state index contributed by atoms with van der Waals surface area (Å²) in [5.74, 6) is 0.324. The summed E-state index contributed by atoms with van der Waals surface area (Å²) in [6.45, 7) is 3.97. The molecule has 1 unspecified atom stereocenters. The number of benzene rings is 1. The van der Waals surface area contributed by atoms with Gasteiger partial charge < -0.3 is 10.4 Å². The van der Waals surface area contributed by atoms with Gasteiger partial charge in [0.05, 0.1) is 12.2 Å². The molecule has 1 aromatic carbocycles. The van der Waals surface area contributed by atoms with Crippen molar-refractivity contribution in [3.63, 3.8) is 0 Å². The second kappa shape index (κ2) is 4.49. The molecule has 0 aliphatic rings. The predicted molar refractivity (Wildman–Crippen MR) is 68.1 cm³/mol. The highest BCUT2D eigenvalue weighted by atomic mass is 16.3. The van der Waals surface area contributed by atoms with E-state index in [1.54, 1.807) is 10.7 Å². The number of aryl methyl sites for hydroxylation is 2. The van der Waals surface area contributed by atoms with Gasteiger partial charge in [-0.25, -0.2) is 0 Å². The third-order valence-corrected chi connectivity index (χ3v) is 2.80. The van der Waals surface area contributed by atoms with Gasteiger partial charge in [0.15, 0.2) is 0 Å². The highest BCUT2D eigenvalue weighted by Gasteiger charge is 2.07. The Kier molecular flexibility index (Phi) is 3.04. The summed E-state index contributed by atoms with van der Waals surface area (Å²) in [5, 5.41) is 17.0. The normalized spacial score (nSPS) is 12.4. The summed E-state index contributed by atoms with van der Waals surface area (Å²) in [6, 6.07) is 5.69. The fourth-order valence-electron chi connectivity index (χ4n) is 1.74. The van der Waals surface area contributed by atoms with Crippen molar-refractivity contribution in [1.82, 2.24) is 9.78 Å². The zero-order chi connectivity index (χ0) is 12.4. The number of aromatic nitrogens is 2. The number of hydrogen-bond donors (Lipinski definition) is 2. The van der Waals surface area contributed by atoms with Crippen molar-refractivity contribution in [2.75, 3.05) is 5.32 Å². The van der Waals surface area contributed by atoms with E-state index < -0.39 is 0 Å². The van der Waals surface area contributed by atoms with E-state index >= 15 is 0 Å². The van der Waals surface area contributed by atoms with E-state index in [-0.39, 0.29) is 6.04 Å². The minimum atomic E-state index is 0.188. The van der Waals surface area contributed by atoms with Gasteiger partial charge in [0.25, 0.3) is 0 Å². The minimum Gasteiger partial charge on any atom is -0.508 e. The molecule has 1 heterocycles. The van der Waals surface area contributed by atoms with Crippen molar-refractivity contribution < 1.29 is 5.11 Å². The molecule has 90 valence electrons. The van der Waals surface area contributed by atoms with Gasteiger partial charge in [-0.05, 0) is 37.6 Å². The van der Waals surface area contributed by atoms with Crippen molar-refractivity contribution >= 4 is 5.69 Å². The Morgan fingerprint density at radius 3 is 2.76 bits per heavy atom. The van der Waals surface area contributed by atoms with E-state index in [9.17, 15) is 5.11 Å². The fraction of sp³-hybridized carbons (Fsp3) is 0.308. The van der Waals surface area contributed by atoms with E-state index in [1.807, 2.05) is 38.5 Å². The summed E-state index contributed by atoms with van der Waals surface area (Å²) >= 11 is 0. The summed E-state index contributed by atoms with van der Waals surface area (Å²) in [7, 11) is 1.90. The average Bonchev–Trinajstić information content (AvgIpc) is 2.70. The lowest BCUT2D eigenvalue weighted by Crippen LogP contribution is -2.05. The highest BCUT2D eigenvalue weighted by Crippen LogP contribution is 2.23. The molecule has 0 fully saturated rings. The first-order valence-electron chi connectivity index (χ1n) is 5.61. The molecule has 0 radical (unpaired) electrons. The lowest BCUT2D eigenvalue weighted by Gasteiger charge is -2.14. The highest BCUT2D eigenvalue weighted by molar-refractivity contribution is 5.51. The maximum atomic E-state index is 9.46. The van der Waals surface area contributed by atoms with Crippen molar-refractivity contribution in [3.8, 4) is 5.75 Å². The number of anilines is 1. The maximum Gasteiger partial charge on any atom is 0.118 e. The van der Waals surface area contributed by atoms with Crippen LogP contribution < -0.4 is 5.32 Å². The van der Waals surface area contributed by atoms with Crippen LogP contribution in [0.3, 0.4) is 0 Å². The number of rotatable bonds is 3. The Hall–Kier alpha value is -1.97. The van der Waals surface area contributed by atoms with Crippen LogP contribution in [0.15, 0.2) is 30.6 Å². The van der Waals surface area contributed by atoms with Crippen molar-refractivity contribution in [2.45, 2.75) is 19.9 Å². The molecule has 0 saturated carbocycles. The molecule has 0 spiro atoms. The summed E-state index contributed by atoms with van der Waals surface area (Å²) in [5.41, 5.74) is 3.00. The van der Waals surface area contributed by atoms with E-state index in [1.165, 1.54) is 0 Å². The number of nitrogens with zero attached hydrogens (tertiary/aromatic N) is 2. The van der Waals surface area contributed by atoms with Gasteiger partial charge in [0.2, 0.25) is 0 Å². The zero-order valence-corrected chi connectivity index (χ0v) is 10.3. The molecule has 0 bridgehead atoms. The molecular formula is C13H17N3O. The van der Waals surface area contributed by atoms with Crippen molar-refractivity contribution in [1.29, 1.82) is 0 Å². The lowest BCUT2D eigenvalue weighted by atomic mass is 10.1. The van der Waals surface area contributed by atoms with Crippen LogP contribution in [0.4, 0.5) is 5.69 Å². The third-order valence-electron chi connectivity index (χ3n) is 2.80. The van der Waals surface area contributed by atoms with E-state index in [4.69, 9.17) is 0 Å². The van der Waals surface area contributed by atoms with Crippen LogP contribution in [0.1, 0.15) is 24.1 Å². The number of nitrogens with one attached hydrogen (secondary N) is 1. The van der Waals surface area contributed by atoms with Gasteiger partial charge in [-0.2, -0.15) is 5.10 Å². The van der Waals surface area contributed by atoms with E-state index in [0.717, 1.165) is 16.8 Å². The van der Waals surface area contributed by atoms with Crippen LogP contribution in [0.2, 0.25) is 0 Å². The van der Waals surface area contributed by atoms with Gasteiger partial charge in [-0.15, -0.1) is 0 Å². The van der Waals surface area contributed by atoms with Gasteiger partial charge in [-0.3, -0.25) is 4.68 Å². The Labute approximate surface area is 101 Å². The van der Waals surface area contributed by atoms with Crippen LogP contribution in [0, 0.1) is 6.92 Å². The first-order chi connectivity index (χ1) is 8.06. The zero-order valence-electron chi connectivity index (χ0n) is 10.3. The van der Waals surface area contributed by atoms with Gasteiger partial charge >= 0.3 is 0 Å². The number of phenols is 1. The van der Waals surface area contributed by atoms with Crippen LogP contribution in [0.25, 0.3) is 0 Å². The van der Waals surface area contributed by atoms with Gasteiger partial charge in [0.1, 0.15) is 5.75 Å². The number of hydrogen-bond acceptors (Lipinski definition) is 3. The molecule has 2 aromatic rings. The molecule has 4 heteroatoms. The monoisotopic (exact) mass is 231 g/mol. The number of phenolic OH excluding ortho intramolecular Hbond substituents is 1. The van der Waals surface area contributed by atoms with E-state index in [2.05, 4.69) is 17.3 Å². The van der Waals surface area contributed by atoms with Crippen LogP contribution in [-0.2, 0) is 7.05 Å². The van der Waals surface area contributed by atoms with E-state index in [0.29, 0.717) is 5.75 Å². The van der Waals surface area contributed by atoms with Crippen molar-refractivity contribution in [3.05, 3.63) is 41.7 Å². The minimum absolute atomic E-state index is 0.188.